The molecule has 53 heavy (non-hydrogen) atoms. The van der Waals surface area contributed by atoms with E-state index in [4.69, 9.17) is 9.47 Å². The Hall–Kier alpha value is -6.56. The first-order valence-corrected chi connectivity index (χ1v) is 18.7. The van der Waals surface area contributed by atoms with Crippen LogP contribution in [-0.2, 0) is 0 Å². The maximum Gasteiger partial charge on any atom is 0.197 e. The van der Waals surface area contributed by atoms with Gasteiger partial charge in [-0.25, -0.2) is 0 Å². The van der Waals surface area contributed by atoms with Gasteiger partial charge in [-0.05, 0) is 88.5 Å². The van der Waals surface area contributed by atoms with Gasteiger partial charge in [0.2, 0.25) is 0 Å². The fourth-order valence-electron chi connectivity index (χ4n) is 6.89. The summed E-state index contributed by atoms with van der Waals surface area (Å²) < 4.78 is 12.6. The van der Waals surface area contributed by atoms with E-state index in [0.717, 1.165) is 66.5 Å². The number of benzene rings is 7. The fourth-order valence-corrected chi connectivity index (χ4v) is 8.12. The van der Waals surface area contributed by atoms with Crippen molar-refractivity contribution in [2.24, 2.45) is 0 Å². The molecule has 0 fully saturated rings. The van der Waals surface area contributed by atoms with E-state index in [0.29, 0.717) is 13.2 Å². The number of thiophene rings is 1. The van der Waals surface area contributed by atoms with Gasteiger partial charge >= 0.3 is 0 Å². The Balaban J connectivity index is 1.04. The van der Waals surface area contributed by atoms with E-state index in [9.17, 15) is 0 Å². The van der Waals surface area contributed by atoms with Crippen LogP contribution in [0.4, 0.5) is 33.4 Å². The Morgan fingerprint density at radius 3 is 1.13 bits per heavy atom. The van der Waals surface area contributed by atoms with Gasteiger partial charge in [0.1, 0.15) is 18.2 Å². The van der Waals surface area contributed by atoms with Crippen LogP contribution in [0.5, 0.6) is 11.5 Å². The number of hydrogen-bond acceptors (Lipinski definition) is 5. The smallest absolute Gasteiger partial charge is 0.197 e. The monoisotopic (exact) mass is 704 g/mol. The van der Waals surface area contributed by atoms with Crippen LogP contribution in [-0.4, -0.2) is 13.2 Å². The van der Waals surface area contributed by atoms with Crippen LogP contribution in [0.2, 0.25) is 0 Å². The van der Waals surface area contributed by atoms with Crippen molar-refractivity contribution in [3.63, 3.8) is 0 Å². The summed E-state index contributed by atoms with van der Waals surface area (Å²) in [6, 6.07) is 68.3. The Morgan fingerprint density at radius 1 is 0.321 bits per heavy atom. The molecular weight excluding hydrogens is 669 g/mol. The molecule has 0 atom stereocenters. The molecule has 0 radical (unpaired) electrons. The zero-order chi connectivity index (χ0) is 35.4. The Bertz CT molecular complexity index is 2410. The maximum atomic E-state index is 6.33. The van der Waals surface area contributed by atoms with Crippen molar-refractivity contribution in [1.82, 2.24) is 0 Å². The topological polar surface area (TPSA) is 24.9 Å². The summed E-state index contributed by atoms with van der Waals surface area (Å²) in [5, 5.41) is 1.000. The minimum atomic E-state index is 0.517. The van der Waals surface area contributed by atoms with Crippen molar-refractivity contribution >= 4 is 44.8 Å². The van der Waals surface area contributed by atoms with Gasteiger partial charge in [-0.1, -0.05) is 133 Å². The van der Waals surface area contributed by atoms with Crippen LogP contribution < -0.4 is 19.3 Å². The number of anilines is 6. The van der Waals surface area contributed by atoms with E-state index in [1.807, 2.05) is 12.1 Å². The maximum absolute atomic E-state index is 6.33. The third kappa shape index (κ3) is 6.55. The summed E-state index contributed by atoms with van der Waals surface area (Å²) in [5.74, 6) is 1.61. The molecule has 0 amide bonds. The predicted molar refractivity (Wildman–Crippen MR) is 221 cm³/mol. The lowest BCUT2D eigenvalue weighted by atomic mass is 10.0. The van der Waals surface area contributed by atoms with Crippen LogP contribution in [0.1, 0.15) is 0 Å². The van der Waals surface area contributed by atoms with E-state index in [2.05, 4.69) is 192 Å². The fraction of sp³-hybridized carbons (Fsp3) is 0.0417. The Morgan fingerprint density at radius 2 is 0.660 bits per heavy atom. The number of rotatable bonds is 9. The summed E-state index contributed by atoms with van der Waals surface area (Å²) in [5.41, 5.74) is 11.2. The van der Waals surface area contributed by atoms with Crippen molar-refractivity contribution < 1.29 is 9.47 Å². The number of fused-ring (bicyclic) bond motifs is 1. The van der Waals surface area contributed by atoms with Crippen molar-refractivity contribution in [3.05, 3.63) is 194 Å². The number of ether oxygens (including phenoxy) is 2. The van der Waals surface area contributed by atoms with Crippen LogP contribution in [0.25, 0.3) is 32.7 Å². The van der Waals surface area contributed by atoms with Crippen LogP contribution in [0.3, 0.4) is 0 Å². The molecule has 8 aromatic rings. The molecule has 0 unspecified atom stereocenters. The largest absolute Gasteiger partial charge is 0.485 e. The highest BCUT2D eigenvalue weighted by Gasteiger charge is 2.30. The summed E-state index contributed by atoms with van der Waals surface area (Å²) in [7, 11) is 0. The number of nitrogens with zero attached hydrogens (tertiary/aromatic N) is 2. The van der Waals surface area contributed by atoms with Gasteiger partial charge in [-0.15, -0.1) is 11.3 Å². The lowest BCUT2D eigenvalue weighted by Crippen LogP contribution is -2.17. The molecule has 0 aliphatic carbocycles. The molecule has 1 aliphatic rings. The van der Waals surface area contributed by atoms with E-state index in [1.165, 1.54) is 11.1 Å². The average molecular weight is 705 g/mol. The Kier molecular flexibility index (Phi) is 8.90. The molecule has 4 nitrogen and oxygen atoms in total. The van der Waals surface area contributed by atoms with Gasteiger partial charge < -0.3 is 14.4 Å². The first kappa shape index (κ1) is 32.4. The van der Waals surface area contributed by atoms with Crippen molar-refractivity contribution in [3.8, 4) is 44.2 Å². The number of para-hydroxylation sites is 2. The van der Waals surface area contributed by atoms with Gasteiger partial charge in [0.15, 0.2) is 11.5 Å². The molecule has 0 N–H and O–H groups in total. The highest BCUT2D eigenvalue weighted by atomic mass is 32.1. The molecule has 0 bridgehead atoms. The van der Waals surface area contributed by atoms with Gasteiger partial charge in [0.25, 0.3) is 0 Å². The molecule has 256 valence electrons. The van der Waals surface area contributed by atoms with Crippen molar-refractivity contribution in [2.45, 2.75) is 0 Å². The predicted octanol–water partition coefficient (Wildman–Crippen LogP) is 13.5. The second-order valence-electron chi connectivity index (χ2n) is 12.8. The third-order valence-corrected chi connectivity index (χ3v) is 10.7. The molecule has 1 aromatic heterocycles. The standard InChI is InChI=1S/C48H36N2O2S/c1-5-13-35(14-6-1)36-21-27-42(28-22-36)49(40-17-9-3-10-18-40)43-29-23-37(24-30-43)38-25-31-44(32-26-38)50(41-19-11-4-12-20-41)48-46-45(51-33-34-52-46)47(53-48)39-15-7-2-8-16-39/h1-32H,33-34H2. The molecule has 9 rings (SSSR count). The molecule has 0 saturated carbocycles. The second-order valence-corrected chi connectivity index (χ2v) is 13.8. The van der Waals surface area contributed by atoms with E-state index >= 15 is 0 Å². The SMILES string of the molecule is c1ccc(-c2ccc(N(c3ccccc3)c3ccc(-c4ccc(N(c5ccccc5)c5sc(-c6ccccc6)c6c5OCCO6)cc4)cc3)cc2)cc1. The zero-order valence-corrected chi connectivity index (χ0v) is 29.8. The lowest BCUT2D eigenvalue weighted by Gasteiger charge is -2.26. The quantitative estimate of drug-likeness (QED) is 0.149. The molecule has 1 aliphatic heterocycles. The normalized spacial score (nSPS) is 11.9. The average Bonchev–Trinajstić information content (AvgIpc) is 3.62. The van der Waals surface area contributed by atoms with Crippen LogP contribution in [0, 0.1) is 0 Å². The molecule has 7 aromatic carbocycles. The van der Waals surface area contributed by atoms with E-state index in [1.54, 1.807) is 11.3 Å². The molecule has 2 heterocycles. The third-order valence-electron chi connectivity index (χ3n) is 9.47. The van der Waals surface area contributed by atoms with E-state index < -0.39 is 0 Å². The minimum Gasteiger partial charge on any atom is -0.485 e. The highest BCUT2D eigenvalue weighted by molar-refractivity contribution is 7.20. The van der Waals surface area contributed by atoms with Crippen LogP contribution in [0.15, 0.2) is 194 Å². The molecule has 5 heteroatoms. The highest BCUT2D eigenvalue weighted by Crippen LogP contribution is 2.57. The summed E-state index contributed by atoms with van der Waals surface area (Å²) in [6.45, 7) is 1.05. The van der Waals surface area contributed by atoms with Gasteiger partial charge in [0, 0.05) is 28.4 Å². The summed E-state index contributed by atoms with van der Waals surface area (Å²) in [6.07, 6.45) is 0. The van der Waals surface area contributed by atoms with Gasteiger partial charge in [0.05, 0.1) is 4.88 Å². The van der Waals surface area contributed by atoms with E-state index in [-0.39, 0.29) is 0 Å². The van der Waals surface area contributed by atoms with Crippen molar-refractivity contribution in [1.29, 1.82) is 0 Å². The van der Waals surface area contributed by atoms with Gasteiger partial charge in [-0.3, -0.25) is 4.90 Å². The Labute approximate surface area is 314 Å². The summed E-state index contributed by atoms with van der Waals surface area (Å²) in [4.78, 5) is 5.65. The van der Waals surface area contributed by atoms with Crippen molar-refractivity contribution in [2.75, 3.05) is 23.0 Å². The minimum absolute atomic E-state index is 0.517. The number of hydrogen-bond donors (Lipinski definition) is 0. The summed E-state index contributed by atoms with van der Waals surface area (Å²) >= 11 is 1.70. The lowest BCUT2D eigenvalue weighted by molar-refractivity contribution is 0.175. The molecule has 0 saturated heterocycles. The molecule has 0 spiro atoms. The van der Waals surface area contributed by atoms with Gasteiger partial charge in [-0.2, -0.15) is 0 Å². The zero-order valence-electron chi connectivity index (χ0n) is 29.0. The first-order chi connectivity index (χ1) is 26.3. The van der Waals surface area contributed by atoms with Crippen LogP contribution >= 0.6 is 11.3 Å². The first-order valence-electron chi connectivity index (χ1n) is 17.8. The second kappa shape index (κ2) is 14.6. The molecular formula is C48H36N2O2S.